The highest BCUT2D eigenvalue weighted by molar-refractivity contribution is 7.99. The van der Waals surface area contributed by atoms with E-state index in [2.05, 4.69) is 15.5 Å². The average Bonchev–Trinajstić information content (AvgIpc) is 3.01. The number of carbonyl (C=O) groups excluding carboxylic acids is 1. The summed E-state index contributed by atoms with van der Waals surface area (Å²) in [5.74, 6) is 0.207. The molecule has 0 aliphatic rings. The molecule has 0 atom stereocenters. The second-order valence-corrected chi connectivity index (χ2v) is 7.48. The molecule has 0 fully saturated rings. The standard InChI is InChI=1S/C19H16ClF3N4OS/c1-12-25-26-18(27(12)10-13-5-3-2-4-6-13)29-11-17(28)24-14-7-8-16(20)15(9-14)19(21,22)23/h2-9H,10-11H2,1H3,(H,24,28). The number of hydrogen-bond acceptors (Lipinski definition) is 4. The third kappa shape index (κ3) is 5.51. The molecule has 5 nitrogen and oxygen atoms in total. The second-order valence-electron chi connectivity index (χ2n) is 6.13. The van der Waals surface area contributed by atoms with Gasteiger partial charge in [-0.2, -0.15) is 13.2 Å². The Morgan fingerprint density at radius 1 is 1.17 bits per heavy atom. The molecule has 3 rings (SSSR count). The smallest absolute Gasteiger partial charge is 0.325 e. The van der Waals surface area contributed by atoms with Crippen molar-refractivity contribution in [2.75, 3.05) is 11.1 Å². The maximum atomic E-state index is 12.9. The molecule has 1 aromatic heterocycles. The van der Waals surface area contributed by atoms with Gasteiger partial charge < -0.3 is 9.88 Å². The summed E-state index contributed by atoms with van der Waals surface area (Å²) in [5, 5.41) is 10.7. The molecule has 1 N–H and O–H groups in total. The van der Waals surface area contributed by atoms with Crippen LogP contribution in [0.3, 0.4) is 0 Å². The first kappa shape index (κ1) is 21.2. The van der Waals surface area contributed by atoms with Gasteiger partial charge in [-0.05, 0) is 30.7 Å². The number of amides is 1. The van der Waals surface area contributed by atoms with Crippen LogP contribution >= 0.6 is 23.4 Å². The normalized spacial score (nSPS) is 11.5. The van der Waals surface area contributed by atoms with E-state index in [4.69, 9.17) is 11.6 Å². The van der Waals surface area contributed by atoms with Crippen LogP contribution in [0.4, 0.5) is 18.9 Å². The van der Waals surface area contributed by atoms with E-state index in [0.717, 1.165) is 29.5 Å². The summed E-state index contributed by atoms with van der Waals surface area (Å²) in [6.45, 7) is 2.36. The number of anilines is 1. The molecule has 29 heavy (non-hydrogen) atoms. The molecule has 1 heterocycles. The lowest BCUT2D eigenvalue weighted by Gasteiger charge is -2.12. The molecule has 0 bridgehead atoms. The zero-order chi connectivity index (χ0) is 21.0. The molecule has 0 spiro atoms. The van der Waals surface area contributed by atoms with Gasteiger partial charge >= 0.3 is 6.18 Å². The van der Waals surface area contributed by atoms with Crippen molar-refractivity contribution in [2.24, 2.45) is 0 Å². The highest BCUT2D eigenvalue weighted by atomic mass is 35.5. The van der Waals surface area contributed by atoms with Crippen LogP contribution in [0, 0.1) is 6.92 Å². The van der Waals surface area contributed by atoms with Gasteiger partial charge in [0.25, 0.3) is 0 Å². The third-order valence-corrected chi connectivity index (χ3v) is 5.27. The number of aromatic nitrogens is 3. The number of carbonyl (C=O) groups is 1. The number of hydrogen-bond donors (Lipinski definition) is 1. The summed E-state index contributed by atoms with van der Waals surface area (Å²) in [5.41, 5.74) is 0.0830. The minimum atomic E-state index is -4.60. The molecule has 0 aliphatic heterocycles. The summed E-state index contributed by atoms with van der Waals surface area (Å²) in [6, 6.07) is 13.0. The molecule has 2 aromatic carbocycles. The van der Waals surface area contributed by atoms with Crippen LogP contribution in [-0.4, -0.2) is 26.4 Å². The SMILES string of the molecule is Cc1nnc(SCC(=O)Nc2ccc(Cl)c(C(F)(F)F)c2)n1Cc1ccccc1. The highest BCUT2D eigenvalue weighted by Crippen LogP contribution is 2.36. The molecule has 3 aromatic rings. The van der Waals surface area contributed by atoms with E-state index in [1.165, 1.54) is 6.07 Å². The summed E-state index contributed by atoms with van der Waals surface area (Å²) < 4.78 is 40.7. The van der Waals surface area contributed by atoms with Crippen molar-refractivity contribution in [3.8, 4) is 0 Å². The van der Waals surface area contributed by atoms with Gasteiger partial charge in [0.15, 0.2) is 5.16 Å². The minimum absolute atomic E-state index is 0.0225. The van der Waals surface area contributed by atoms with E-state index in [-0.39, 0.29) is 11.4 Å². The van der Waals surface area contributed by atoms with Crippen molar-refractivity contribution in [1.82, 2.24) is 14.8 Å². The lowest BCUT2D eigenvalue weighted by molar-refractivity contribution is -0.137. The predicted molar refractivity (Wildman–Crippen MR) is 106 cm³/mol. The van der Waals surface area contributed by atoms with Crippen molar-refractivity contribution < 1.29 is 18.0 Å². The van der Waals surface area contributed by atoms with Crippen molar-refractivity contribution >= 4 is 35.0 Å². The number of aryl methyl sites for hydroxylation is 1. The van der Waals surface area contributed by atoms with Crippen molar-refractivity contribution in [1.29, 1.82) is 0 Å². The number of benzene rings is 2. The van der Waals surface area contributed by atoms with Crippen molar-refractivity contribution in [3.63, 3.8) is 0 Å². The molecule has 0 radical (unpaired) electrons. The van der Waals surface area contributed by atoms with Crippen LogP contribution in [-0.2, 0) is 17.5 Å². The molecule has 10 heteroatoms. The zero-order valence-electron chi connectivity index (χ0n) is 15.2. The fraction of sp³-hybridized carbons (Fsp3) is 0.211. The molecular formula is C19H16ClF3N4OS. The Morgan fingerprint density at radius 2 is 1.90 bits per heavy atom. The van der Waals surface area contributed by atoms with Gasteiger partial charge in [0.1, 0.15) is 5.82 Å². The Morgan fingerprint density at radius 3 is 2.59 bits per heavy atom. The summed E-state index contributed by atoms with van der Waals surface area (Å²) in [6.07, 6.45) is -4.60. The van der Waals surface area contributed by atoms with Gasteiger partial charge in [0, 0.05) is 5.69 Å². The largest absolute Gasteiger partial charge is 0.417 e. The molecular weight excluding hydrogens is 425 g/mol. The number of rotatable bonds is 6. The topological polar surface area (TPSA) is 59.8 Å². The first-order chi connectivity index (χ1) is 13.7. The van der Waals surface area contributed by atoms with Crippen LogP contribution in [0.1, 0.15) is 17.0 Å². The van der Waals surface area contributed by atoms with E-state index in [9.17, 15) is 18.0 Å². The average molecular weight is 441 g/mol. The van der Waals surface area contributed by atoms with Crippen LogP contribution in [0.5, 0.6) is 0 Å². The Labute approximate surface area is 174 Å². The van der Waals surface area contributed by atoms with Crippen LogP contribution in [0.15, 0.2) is 53.7 Å². The zero-order valence-corrected chi connectivity index (χ0v) is 16.8. The van der Waals surface area contributed by atoms with Crippen LogP contribution in [0.2, 0.25) is 5.02 Å². The van der Waals surface area contributed by atoms with Gasteiger partial charge in [0.2, 0.25) is 5.91 Å². The van der Waals surface area contributed by atoms with E-state index in [0.29, 0.717) is 17.5 Å². The van der Waals surface area contributed by atoms with Gasteiger partial charge in [-0.1, -0.05) is 53.7 Å². The van der Waals surface area contributed by atoms with Gasteiger partial charge in [-0.25, -0.2) is 0 Å². The fourth-order valence-electron chi connectivity index (χ4n) is 2.56. The van der Waals surface area contributed by atoms with Gasteiger partial charge in [-0.3, -0.25) is 4.79 Å². The van der Waals surface area contributed by atoms with Crippen molar-refractivity contribution in [2.45, 2.75) is 24.8 Å². The minimum Gasteiger partial charge on any atom is -0.325 e. The first-order valence-corrected chi connectivity index (χ1v) is 9.83. The van der Waals surface area contributed by atoms with Gasteiger partial charge in [0.05, 0.1) is 22.9 Å². The molecule has 1 amide bonds. The molecule has 0 saturated carbocycles. The summed E-state index contributed by atoms with van der Waals surface area (Å²) in [7, 11) is 0. The predicted octanol–water partition coefficient (Wildman–Crippen LogP) is 5.04. The molecule has 0 aliphatic carbocycles. The Balaban J connectivity index is 1.65. The fourth-order valence-corrected chi connectivity index (χ4v) is 3.57. The van der Waals surface area contributed by atoms with Crippen LogP contribution in [0.25, 0.3) is 0 Å². The first-order valence-electron chi connectivity index (χ1n) is 8.47. The monoisotopic (exact) mass is 440 g/mol. The lowest BCUT2D eigenvalue weighted by atomic mass is 10.2. The maximum absolute atomic E-state index is 12.9. The third-order valence-electron chi connectivity index (χ3n) is 3.97. The highest BCUT2D eigenvalue weighted by Gasteiger charge is 2.33. The molecule has 152 valence electrons. The Hall–Kier alpha value is -2.52. The number of nitrogens with zero attached hydrogens (tertiary/aromatic N) is 3. The van der Waals surface area contributed by atoms with E-state index >= 15 is 0 Å². The number of halogens is 4. The lowest BCUT2D eigenvalue weighted by Crippen LogP contribution is -2.16. The van der Waals surface area contributed by atoms with Crippen molar-refractivity contribution in [3.05, 3.63) is 70.5 Å². The molecule has 0 unspecified atom stereocenters. The Kier molecular flexibility index (Phi) is 6.49. The number of nitrogens with one attached hydrogen (secondary N) is 1. The summed E-state index contributed by atoms with van der Waals surface area (Å²) >= 11 is 6.75. The van der Waals surface area contributed by atoms with Gasteiger partial charge in [-0.15, -0.1) is 10.2 Å². The van der Waals surface area contributed by atoms with E-state index in [1.807, 2.05) is 41.8 Å². The number of alkyl halides is 3. The second kappa shape index (κ2) is 8.87. The maximum Gasteiger partial charge on any atom is 0.417 e. The van der Waals surface area contributed by atoms with E-state index in [1.54, 1.807) is 0 Å². The quantitative estimate of drug-likeness (QED) is 0.546. The Bertz CT molecular complexity index is 1010. The van der Waals surface area contributed by atoms with E-state index < -0.39 is 22.7 Å². The number of thioether (sulfide) groups is 1. The molecule has 0 saturated heterocycles. The van der Waals surface area contributed by atoms with Crippen LogP contribution < -0.4 is 5.32 Å². The summed E-state index contributed by atoms with van der Waals surface area (Å²) in [4.78, 5) is 12.2.